The Balaban J connectivity index is 1.72. The van der Waals surface area contributed by atoms with E-state index in [1.54, 1.807) is 43.4 Å². The highest BCUT2D eigenvalue weighted by molar-refractivity contribution is 5.98. The topological polar surface area (TPSA) is 59.0 Å². The predicted octanol–water partition coefficient (Wildman–Crippen LogP) is 3.21. The molecule has 0 spiro atoms. The van der Waals surface area contributed by atoms with Crippen molar-refractivity contribution in [3.05, 3.63) is 76.4 Å². The molecule has 0 fully saturated rings. The standard InChI is InChI=1S/C21H19FN4O/c1-13-15(4-3-5-18(13)22)10-14-11-19(25-24-12-14)20-16-7-9-26(2)21(27)17(16)6-8-23-20/h3-6,8,11-12H,7,9-10H2,1-2H3. The van der Waals surface area contributed by atoms with Crippen LogP contribution in [0, 0.1) is 12.7 Å². The van der Waals surface area contributed by atoms with Gasteiger partial charge >= 0.3 is 0 Å². The first-order valence-corrected chi connectivity index (χ1v) is 8.84. The molecule has 0 atom stereocenters. The fourth-order valence-electron chi connectivity index (χ4n) is 3.44. The van der Waals surface area contributed by atoms with Crippen molar-refractivity contribution in [2.75, 3.05) is 13.6 Å². The summed E-state index contributed by atoms with van der Waals surface area (Å²) >= 11 is 0. The van der Waals surface area contributed by atoms with Gasteiger partial charge in [-0.2, -0.15) is 5.10 Å². The summed E-state index contributed by atoms with van der Waals surface area (Å²) in [5, 5.41) is 8.35. The normalized spacial score (nSPS) is 13.6. The van der Waals surface area contributed by atoms with E-state index in [9.17, 15) is 9.18 Å². The summed E-state index contributed by atoms with van der Waals surface area (Å²) in [6.07, 6.45) is 4.61. The van der Waals surface area contributed by atoms with Gasteiger partial charge in [0.2, 0.25) is 0 Å². The minimum Gasteiger partial charge on any atom is -0.341 e. The Morgan fingerprint density at radius 3 is 2.96 bits per heavy atom. The summed E-state index contributed by atoms with van der Waals surface area (Å²) in [5.74, 6) is -0.212. The first kappa shape index (κ1) is 17.3. The summed E-state index contributed by atoms with van der Waals surface area (Å²) in [4.78, 5) is 18.6. The lowest BCUT2D eigenvalue weighted by molar-refractivity contribution is 0.0781. The third-order valence-electron chi connectivity index (χ3n) is 5.06. The van der Waals surface area contributed by atoms with Crippen molar-refractivity contribution >= 4 is 5.91 Å². The van der Waals surface area contributed by atoms with Crippen molar-refractivity contribution in [2.45, 2.75) is 19.8 Å². The van der Waals surface area contributed by atoms with Gasteiger partial charge in [0.1, 0.15) is 11.5 Å². The Morgan fingerprint density at radius 2 is 2.11 bits per heavy atom. The van der Waals surface area contributed by atoms with Crippen LogP contribution in [-0.2, 0) is 12.8 Å². The number of fused-ring (bicyclic) bond motifs is 1. The zero-order chi connectivity index (χ0) is 19.0. The van der Waals surface area contributed by atoms with E-state index in [2.05, 4.69) is 15.2 Å². The van der Waals surface area contributed by atoms with E-state index < -0.39 is 0 Å². The Morgan fingerprint density at radius 1 is 1.26 bits per heavy atom. The molecule has 0 aliphatic carbocycles. The lowest BCUT2D eigenvalue weighted by Gasteiger charge is -2.25. The maximum atomic E-state index is 13.8. The zero-order valence-corrected chi connectivity index (χ0v) is 15.2. The van der Waals surface area contributed by atoms with Gasteiger partial charge in [0, 0.05) is 25.4 Å². The first-order chi connectivity index (χ1) is 13.0. The number of aromatic nitrogens is 3. The molecule has 4 rings (SSSR count). The van der Waals surface area contributed by atoms with Crippen molar-refractivity contribution in [1.82, 2.24) is 20.1 Å². The molecule has 27 heavy (non-hydrogen) atoms. The molecule has 6 heteroatoms. The second-order valence-electron chi connectivity index (χ2n) is 6.81. The van der Waals surface area contributed by atoms with Crippen molar-refractivity contribution < 1.29 is 9.18 Å². The van der Waals surface area contributed by atoms with Crippen molar-refractivity contribution in [1.29, 1.82) is 0 Å². The molecular formula is C21H19FN4O. The maximum absolute atomic E-state index is 13.8. The van der Waals surface area contributed by atoms with Gasteiger partial charge in [-0.25, -0.2) is 4.39 Å². The van der Waals surface area contributed by atoms with Crippen LogP contribution in [0.3, 0.4) is 0 Å². The summed E-state index contributed by atoms with van der Waals surface area (Å²) in [5.41, 5.74) is 5.38. The Bertz CT molecular complexity index is 1030. The third-order valence-corrected chi connectivity index (χ3v) is 5.06. The van der Waals surface area contributed by atoms with Crippen LogP contribution in [0.15, 0.2) is 42.7 Å². The number of amides is 1. The maximum Gasteiger partial charge on any atom is 0.254 e. The molecule has 1 aliphatic rings. The highest BCUT2D eigenvalue weighted by atomic mass is 19.1. The number of rotatable bonds is 3. The van der Waals surface area contributed by atoms with Gasteiger partial charge in [-0.15, -0.1) is 5.10 Å². The smallest absolute Gasteiger partial charge is 0.254 e. The lowest BCUT2D eigenvalue weighted by atomic mass is 9.96. The number of carbonyl (C=O) groups is 1. The molecule has 0 bridgehead atoms. The number of pyridine rings is 1. The second-order valence-corrected chi connectivity index (χ2v) is 6.81. The minimum absolute atomic E-state index is 0.000556. The van der Waals surface area contributed by atoms with Crippen LogP contribution in [0.1, 0.15) is 32.6 Å². The van der Waals surface area contributed by atoms with Gasteiger partial charge in [-0.3, -0.25) is 9.78 Å². The van der Waals surface area contributed by atoms with Gasteiger partial charge in [-0.05, 0) is 60.2 Å². The fourth-order valence-corrected chi connectivity index (χ4v) is 3.44. The number of likely N-dealkylation sites (N-methyl/N-ethyl adjacent to an activating group) is 1. The van der Waals surface area contributed by atoms with Gasteiger partial charge in [0.05, 0.1) is 11.9 Å². The quantitative estimate of drug-likeness (QED) is 0.718. The Kier molecular flexibility index (Phi) is 4.39. The molecule has 0 saturated heterocycles. The van der Waals surface area contributed by atoms with E-state index in [4.69, 9.17) is 0 Å². The number of halogens is 1. The summed E-state index contributed by atoms with van der Waals surface area (Å²) in [6, 6.07) is 8.76. The van der Waals surface area contributed by atoms with E-state index in [1.165, 1.54) is 6.07 Å². The zero-order valence-electron chi connectivity index (χ0n) is 15.2. The van der Waals surface area contributed by atoms with E-state index in [0.29, 0.717) is 35.5 Å². The van der Waals surface area contributed by atoms with Gasteiger partial charge in [-0.1, -0.05) is 12.1 Å². The van der Waals surface area contributed by atoms with Gasteiger partial charge < -0.3 is 4.90 Å². The molecule has 0 saturated carbocycles. The van der Waals surface area contributed by atoms with Crippen LogP contribution in [-0.4, -0.2) is 39.6 Å². The molecule has 1 amide bonds. The highest BCUT2D eigenvalue weighted by Gasteiger charge is 2.25. The molecular weight excluding hydrogens is 343 g/mol. The largest absolute Gasteiger partial charge is 0.341 e. The molecule has 0 unspecified atom stereocenters. The lowest BCUT2D eigenvalue weighted by Crippen LogP contribution is -2.34. The molecule has 3 heterocycles. The number of nitrogens with zero attached hydrogens (tertiary/aromatic N) is 4. The van der Waals surface area contributed by atoms with Gasteiger partial charge in [0.15, 0.2) is 0 Å². The summed E-state index contributed by atoms with van der Waals surface area (Å²) < 4.78 is 13.8. The average molecular weight is 362 g/mol. The van der Waals surface area contributed by atoms with Crippen molar-refractivity contribution in [3.63, 3.8) is 0 Å². The SMILES string of the molecule is Cc1c(F)cccc1Cc1cnnc(-c2nccc3c2CCN(C)C3=O)c1. The predicted molar refractivity (Wildman–Crippen MR) is 99.9 cm³/mol. The van der Waals surface area contributed by atoms with Crippen LogP contribution in [0.2, 0.25) is 0 Å². The molecule has 136 valence electrons. The van der Waals surface area contributed by atoms with E-state index in [1.807, 2.05) is 12.1 Å². The van der Waals surface area contributed by atoms with Crippen LogP contribution in [0.25, 0.3) is 11.4 Å². The number of carbonyl (C=O) groups excluding carboxylic acids is 1. The van der Waals surface area contributed by atoms with Crippen molar-refractivity contribution in [2.24, 2.45) is 0 Å². The van der Waals surface area contributed by atoms with E-state index >= 15 is 0 Å². The minimum atomic E-state index is -0.212. The molecule has 3 aromatic rings. The van der Waals surface area contributed by atoms with Crippen LogP contribution >= 0.6 is 0 Å². The summed E-state index contributed by atoms with van der Waals surface area (Å²) in [7, 11) is 1.80. The number of hydrogen-bond acceptors (Lipinski definition) is 4. The molecule has 0 radical (unpaired) electrons. The number of benzene rings is 1. The van der Waals surface area contributed by atoms with E-state index in [0.717, 1.165) is 23.1 Å². The average Bonchev–Trinajstić information content (AvgIpc) is 2.68. The molecule has 2 aromatic heterocycles. The van der Waals surface area contributed by atoms with Crippen LogP contribution in [0.4, 0.5) is 4.39 Å². The number of hydrogen-bond donors (Lipinski definition) is 0. The van der Waals surface area contributed by atoms with Gasteiger partial charge in [0.25, 0.3) is 5.91 Å². The van der Waals surface area contributed by atoms with E-state index in [-0.39, 0.29) is 11.7 Å². The highest BCUT2D eigenvalue weighted by Crippen LogP contribution is 2.27. The van der Waals surface area contributed by atoms with Crippen molar-refractivity contribution in [3.8, 4) is 11.4 Å². The molecule has 0 N–H and O–H groups in total. The second kappa shape index (κ2) is 6.87. The Labute approximate surface area is 156 Å². The summed E-state index contributed by atoms with van der Waals surface area (Å²) in [6.45, 7) is 2.43. The molecule has 1 aromatic carbocycles. The van der Waals surface area contributed by atoms with Crippen LogP contribution in [0.5, 0.6) is 0 Å². The first-order valence-electron chi connectivity index (χ1n) is 8.84. The Hall–Kier alpha value is -3.15. The fraction of sp³-hybridized carbons (Fsp3) is 0.238. The van der Waals surface area contributed by atoms with Crippen LogP contribution < -0.4 is 0 Å². The molecule has 5 nitrogen and oxygen atoms in total. The molecule has 1 aliphatic heterocycles. The third kappa shape index (κ3) is 3.18. The monoisotopic (exact) mass is 362 g/mol.